The maximum absolute atomic E-state index is 12.4. The molecule has 0 fully saturated rings. The lowest BCUT2D eigenvalue weighted by molar-refractivity contribution is -0.124. The van der Waals surface area contributed by atoms with Crippen LogP contribution in [0.1, 0.15) is 12.8 Å². The average Bonchev–Trinajstić information content (AvgIpc) is 3.06. The van der Waals surface area contributed by atoms with Gasteiger partial charge in [0.2, 0.25) is 11.8 Å². The maximum Gasteiger partial charge on any atom is 0.405 e. The molecule has 0 aliphatic heterocycles. The van der Waals surface area contributed by atoms with Crippen molar-refractivity contribution in [2.75, 3.05) is 132 Å². The van der Waals surface area contributed by atoms with Crippen molar-refractivity contribution in [2.24, 2.45) is 10.2 Å². The third-order valence-corrected chi connectivity index (χ3v) is 5.42. The van der Waals surface area contributed by atoms with Gasteiger partial charge in [-0.25, -0.2) is 4.79 Å². The number of azide groups is 2. The van der Waals surface area contributed by atoms with Gasteiger partial charge in [0.05, 0.1) is 106 Å². The van der Waals surface area contributed by atoms with E-state index in [1.165, 1.54) is 0 Å². The van der Waals surface area contributed by atoms with Crippen LogP contribution in [0.2, 0.25) is 0 Å². The summed E-state index contributed by atoms with van der Waals surface area (Å²) in [7, 11) is 0. The minimum absolute atomic E-state index is 0.0265. The van der Waals surface area contributed by atoms with Crippen LogP contribution in [-0.2, 0) is 47.5 Å². The van der Waals surface area contributed by atoms with Crippen molar-refractivity contribution < 1.29 is 57.4 Å². The molecular weight excluding hydrogens is 630 g/mol. The molecule has 1 atom stereocenters. The van der Waals surface area contributed by atoms with Crippen LogP contribution < -0.4 is 16.0 Å². The van der Waals surface area contributed by atoms with Crippen LogP contribution in [0.5, 0.6) is 0 Å². The van der Waals surface area contributed by atoms with Crippen LogP contribution in [0, 0.1) is 0 Å². The number of carbonyl (C=O) groups is 3. The molecule has 4 N–H and O–H groups in total. The fourth-order valence-corrected chi connectivity index (χ4v) is 3.24. The SMILES string of the molecule is [N-]=[N+]=NCCOCCOCCOCCOCCNC(=O)CCC(NC(=O)O)C(=O)NCCOCCOCCOCCOCCN=[N+]=[N-]. The Morgan fingerprint density at radius 2 is 0.936 bits per heavy atom. The lowest BCUT2D eigenvalue weighted by Crippen LogP contribution is -2.47. The molecule has 21 heteroatoms. The van der Waals surface area contributed by atoms with E-state index in [1.54, 1.807) is 0 Å². The van der Waals surface area contributed by atoms with Crippen molar-refractivity contribution in [3.05, 3.63) is 20.9 Å². The number of rotatable bonds is 35. The molecule has 270 valence electrons. The van der Waals surface area contributed by atoms with Gasteiger partial charge in [0.25, 0.3) is 0 Å². The van der Waals surface area contributed by atoms with Crippen LogP contribution in [0.15, 0.2) is 10.2 Å². The third-order valence-electron chi connectivity index (χ3n) is 5.42. The fourth-order valence-electron chi connectivity index (χ4n) is 3.24. The summed E-state index contributed by atoms with van der Waals surface area (Å²) in [6.45, 7) is 6.51. The molecule has 0 aliphatic rings. The lowest BCUT2D eigenvalue weighted by Gasteiger charge is -2.16. The highest BCUT2D eigenvalue weighted by atomic mass is 16.6. The summed E-state index contributed by atoms with van der Waals surface area (Å²) in [5.41, 5.74) is 16.3. The molecule has 0 saturated carbocycles. The minimum Gasteiger partial charge on any atom is -0.465 e. The molecule has 1 unspecified atom stereocenters. The summed E-state index contributed by atoms with van der Waals surface area (Å²) in [6, 6.07) is -1.10. The van der Waals surface area contributed by atoms with Crippen molar-refractivity contribution >= 4 is 17.9 Å². The van der Waals surface area contributed by atoms with Crippen molar-refractivity contribution in [3.8, 4) is 0 Å². The largest absolute Gasteiger partial charge is 0.465 e. The molecule has 0 radical (unpaired) electrons. The van der Waals surface area contributed by atoms with Crippen molar-refractivity contribution in [2.45, 2.75) is 18.9 Å². The highest BCUT2D eigenvalue weighted by Gasteiger charge is 2.21. The van der Waals surface area contributed by atoms with Crippen LogP contribution in [0.4, 0.5) is 4.79 Å². The first-order valence-electron chi connectivity index (χ1n) is 15.2. The van der Waals surface area contributed by atoms with Gasteiger partial charge in [0, 0.05) is 42.4 Å². The molecule has 21 nitrogen and oxygen atoms in total. The molecule has 0 aromatic carbocycles. The second kappa shape index (κ2) is 35.4. The Kier molecular flexibility index (Phi) is 32.7. The van der Waals surface area contributed by atoms with E-state index in [0.29, 0.717) is 92.5 Å². The number of hydrogen-bond donors (Lipinski definition) is 4. The quantitative estimate of drug-likeness (QED) is 0.0306. The molecule has 3 amide bonds. The van der Waals surface area contributed by atoms with E-state index in [-0.39, 0.29) is 58.1 Å². The Morgan fingerprint density at radius 3 is 1.32 bits per heavy atom. The maximum atomic E-state index is 12.4. The molecule has 0 spiro atoms. The smallest absolute Gasteiger partial charge is 0.405 e. The first kappa shape index (κ1) is 43.5. The molecule has 0 bridgehead atoms. The molecule has 0 saturated heterocycles. The molecular formula is C26H49N9O12. The Bertz CT molecular complexity index is 893. The molecule has 47 heavy (non-hydrogen) atoms. The second-order valence-electron chi connectivity index (χ2n) is 8.99. The van der Waals surface area contributed by atoms with Crippen LogP contribution in [0.3, 0.4) is 0 Å². The van der Waals surface area contributed by atoms with E-state index < -0.39 is 18.0 Å². The summed E-state index contributed by atoms with van der Waals surface area (Å²) < 4.78 is 42.5. The van der Waals surface area contributed by atoms with Crippen LogP contribution in [-0.4, -0.2) is 161 Å². The van der Waals surface area contributed by atoms with Crippen LogP contribution in [0.25, 0.3) is 20.9 Å². The minimum atomic E-state index is -1.38. The number of ether oxygens (including phenoxy) is 8. The number of carboxylic acid groups (broad SMARTS) is 1. The topological polar surface area (TPSA) is 279 Å². The van der Waals surface area contributed by atoms with E-state index in [1.807, 2.05) is 0 Å². The number of nitrogens with zero attached hydrogens (tertiary/aromatic N) is 6. The molecule has 0 aliphatic carbocycles. The Balaban J connectivity index is 3.72. The number of hydrogen-bond acceptors (Lipinski definition) is 13. The van der Waals surface area contributed by atoms with Crippen molar-refractivity contribution in [3.63, 3.8) is 0 Å². The molecule has 0 rings (SSSR count). The third kappa shape index (κ3) is 33.7. The first-order valence-corrected chi connectivity index (χ1v) is 15.2. The van der Waals surface area contributed by atoms with Gasteiger partial charge in [-0.1, -0.05) is 10.2 Å². The van der Waals surface area contributed by atoms with E-state index in [2.05, 4.69) is 36.0 Å². The molecule has 0 heterocycles. The van der Waals surface area contributed by atoms with Gasteiger partial charge in [-0.05, 0) is 17.5 Å². The highest BCUT2D eigenvalue weighted by molar-refractivity contribution is 5.86. The van der Waals surface area contributed by atoms with Crippen molar-refractivity contribution in [1.82, 2.24) is 16.0 Å². The predicted molar refractivity (Wildman–Crippen MR) is 165 cm³/mol. The van der Waals surface area contributed by atoms with Gasteiger partial charge < -0.3 is 59.0 Å². The van der Waals surface area contributed by atoms with Gasteiger partial charge in [-0.2, -0.15) is 0 Å². The highest BCUT2D eigenvalue weighted by Crippen LogP contribution is 1.99. The van der Waals surface area contributed by atoms with Crippen LogP contribution >= 0.6 is 0 Å². The normalized spacial score (nSPS) is 11.2. The Labute approximate surface area is 273 Å². The second-order valence-corrected chi connectivity index (χ2v) is 8.99. The number of nitrogens with one attached hydrogen (secondary N) is 3. The number of carbonyl (C=O) groups excluding carboxylic acids is 2. The zero-order chi connectivity index (χ0) is 34.5. The van der Waals surface area contributed by atoms with Gasteiger partial charge in [0.15, 0.2) is 0 Å². The van der Waals surface area contributed by atoms with Gasteiger partial charge in [0.1, 0.15) is 6.04 Å². The zero-order valence-electron chi connectivity index (χ0n) is 26.8. The van der Waals surface area contributed by atoms with E-state index in [4.69, 9.17) is 54.1 Å². The zero-order valence-corrected chi connectivity index (χ0v) is 26.8. The van der Waals surface area contributed by atoms with Gasteiger partial charge >= 0.3 is 6.09 Å². The predicted octanol–water partition coefficient (Wildman–Crippen LogP) is 0.389. The Morgan fingerprint density at radius 1 is 0.574 bits per heavy atom. The van der Waals surface area contributed by atoms with Crippen molar-refractivity contribution in [1.29, 1.82) is 0 Å². The summed E-state index contributed by atoms with van der Waals surface area (Å²) in [5.74, 6) is -0.915. The summed E-state index contributed by atoms with van der Waals surface area (Å²) in [5, 5.41) is 23.1. The summed E-state index contributed by atoms with van der Waals surface area (Å²) in [4.78, 5) is 40.9. The lowest BCUT2D eigenvalue weighted by atomic mass is 10.1. The number of amides is 3. The summed E-state index contributed by atoms with van der Waals surface area (Å²) in [6.07, 6.45) is -1.47. The molecule has 0 aromatic heterocycles. The molecule has 0 aromatic rings. The monoisotopic (exact) mass is 679 g/mol. The van der Waals surface area contributed by atoms with E-state index >= 15 is 0 Å². The van der Waals surface area contributed by atoms with E-state index in [9.17, 15) is 14.4 Å². The average molecular weight is 680 g/mol. The fraction of sp³-hybridized carbons (Fsp3) is 0.885. The van der Waals surface area contributed by atoms with Gasteiger partial charge in [-0.15, -0.1) is 0 Å². The standard InChI is InChI=1S/C26H49N9O12/c27-34-31-5-9-42-13-17-46-21-19-44-15-11-40-7-3-29-24(36)2-1-23(33-26(38)39)25(37)30-4-8-41-12-16-45-20-22-47-18-14-43-10-6-32-35-28/h23,33H,1-22H2,(H,29,36)(H,30,37)(H,38,39). The van der Waals surface area contributed by atoms with E-state index in [0.717, 1.165) is 0 Å². The first-order chi connectivity index (χ1) is 23.0. The van der Waals surface area contributed by atoms with Gasteiger partial charge in [-0.3, -0.25) is 9.59 Å². The summed E-state index contributed by atoms with van der Waals surface area (Å²) >= 11 is 0. The Hall–Kier alpha value is -3.49.